The van der Waals surface area contributed by atoms with Gasteiger partial charge in [-0.1, -0.05) is 6.07 Å². The lowest BCUT2D eigenvalue weighted by molar-refractivity contribution is 0.357. The summed E-state index contributed by atoms with van der Waals surface area (Å²) in [4.78, 5) is 17.7. The predicted molar refractivity (Wildman–Crippen MR) is 53.6 cm³/mol. The van der Waals surface area contributed by atoms with Crippen molar-refractivity contribution >= 4 is 7.60 Å². The van der Waals surface area contributed by atoms with Crippen LogP contribution in [0.3, 0.4) is 0 Å². The molecule has 0 fully saturated rings. The second-order valence-corrected chi connectivity index (χ2v) is 4.70. The van der Waals surface area contributed by atoms with Crippen molar-refractivity contribution in [3.63, 3.8) is 0 Å². The van der Waals surface area contributed by atoms with Crippen LogP contribution in [0.15, 0.2) is 18.2 Å². The summed E-state index contributed by atoms with van der Waals surface area (Å²) in [5, 5.41) is 9.26. The monoisotopic (exact) mass is 233 g/mol. The minimum Gasteiger partial charge on any atom is -0.504 e. The zero-order chi connectivity index (χ0) is 11.6. The van der Waals surface area contributed by atoms with Gasteiger partial charge in [-0.15, -0.1) is 0 Å². The highest BCUT2D eigenvalue weighted by Crippen LogP contribution is 2.49. The van der Waals surface area contributed by atoms with Gasteiger partial charge in [0, 0.05) is 0 Å². The summed E-state index contributed by atoms with van der Waals surface area (Å²) in [5.74, 6) is -1.40. The third kappa shape index (κ3) is 2.70. The Balaban J connectivity index is 3.12. The van der Waals surface area contributed by atoms with Crippen LogP contribution in [-0.4, -0.2) is 22.0 Å². The van der Waals surface area contributed by atoms with Crippen LogP contribution >= 0.6 is 7.60 Å². The summed E-state index contributed by atoms with van der Waals surface area (Å²) >= 11 is 0. The highest BCUT2D eigenvalue weighted by molar-refractivity contribution is 7.52. The molecule has 6 nitrogen and oxygen atoms in total. The fourth-order valence-electron chi connectivity index (χ4n) is 1.07. The fraction of sp³-hybridized carbons (Fsp3) is 0.250. The Morgan fingerprint density at radius 3 is 2.53 bits per heavy atom. The first-order chi connectivity index (χ1) is 6.86. The van der Waals surface area contributed by atoms with E-state index in [0.717, 1.165) is 0 Å². The number of phenolic OH excluding ortho intramolecular Hbond substituents is 1. The molecule has 0 aliphatic heterocycles. The molecule has 0 spiro atoms. The lowest BCUT2D eigenvalue weighted by Gasteiger charge is -2.14. The van der Waals surface area contributed by atoms with Crippen LogP contribution in [0, 0.1) is 0 Å². The summed E-state index contributed by atoms with van der Waals surface area (Å²) in [6, 6.07) is 3.89. The van der Waals surface area contributed by atoms with E-state index >= 15 is 0 Å². The van der Waals surface area contributed by atoms with E-state index in [-0.39, 0.29) is 17.1 Å². The molecule has 0 radical (unpaired) electrons. The van der Waals surface area contributed by atoms with Gasteiger partial charge in [-0.3, -0.25) is 4.57 Å². The van der Waals surface area contributed by atoms with Crippen LogP contribution in [0.1, 0.15) is 11.3 Å². The van der Waals surface area contributed by atoms with E-state index in [1.165, 1.54) is 25.3 Å². The Kier molecular flexibility index (Phi) is 3.36. The zero-order valence-corrected chi connectivity index (χ0v) is 8.89. The van der Waals surface area contributed by atoms with Gasteiger partial charge in [-0.2, -0.15) is 0 Å². The van der Waals surface area contributed by atoms with Crippen LogP contribution in [0.2, 0.25) is 0 Å². The summed E-state index contributed by atoms with van der Waals surface area (Å²) in [7, 11) is -3.05. The molecule has 84 valence electrons. The summed E-state index contributed by atoms with van der Waals surface area (Å²) < 4.78 is 15.7. The molecule has 0 amide bonds. The molecule has 0 aliphatic carbocycles. The van der Waals surface area contributed by atoms with E-state index in [1.807, 2.05) is 0 Å². The average Bonchev–Trinajstić information content (AvgIpc) is 2.16. The largest absolute Gasteiger partial charge is 0.504 e. The maximum Gasteiger partial charge on any atom is 0.346 e. The van der Waals surface area contributed by atoms with Gasteiger partial charge < -0.3 is 25.4 Å². The highest BCUT2D eigenvalue weighted by Gasteiger charge is 2.26. The standard InChI is InChI=1S/C8H12NO5P/c1-14-7-4-5(2-3-6(7)10)8(9)15(11,12)13/h2-4,8,10H,9H2,1H3,(H2,11,12,13). The van der Waals surface area contributed by atoms with Crippen molar-refractivity contribution in [1.82, 2.24) is 0 Å². The molecule has 0 saturated carbocycles. The first-order valence-electron chi connectivity index (χ1n) is 4.04. The van der Waals surface area contributed by atoms with E-state index in [0.29, 0.717) is 0 Å². The van der Waals surface area contributed by atoms with E-state index in [1.54, 1.807) is 0 Å². The van der Waals surface area contributed by atoms with Gasteiger partial charge in [-0.25, -0.2) is 0 Å². The van der Waals surface area contributed by atoms with Gasteiger partial charge >= 0.3 is 7.60 Å². The number of methoxy groups -OCH3 is 1. The molecule has 0 saturated heterocycles. The number of hydrogen-bond donors (Lipinski definition) is 4. The van der Waals surface area contributed by atoms with Crippen molar-refractivity contribution in [2.24, 2.45) is 5.73 Å². The lowest BCUT2D eigenvalue weighted by atomic mass is 10.2. The van der Waals surface area contributed by atoms with E-state index < -0.39 is 13.4 Å². The quantitative estimate of drug-likeness (QED) is 0.566. The van der Waals surface area contributed by atoms with Gasteiger partial charge in [0.05, 0.1) is 7.11 Å². The fourth-order valence-corrected chi connectivity index (χ4v) is 1.62. The second-order valence-electron chi connectivity index (χ2n) is 2.97. The Morgan fingerprint density at radius 2 is 2.07 bits per heavy atom. The molecular weight excluding hydrogens is 221 g/mol. The van der Waals surface area contributed by atoms with Gasteiger partial charge in [-0.05, 0) is 17.7 Å². The van der Waals surface area contributed by atoms with Gasteiger partial charge in [0.1, 0.15) is 5.78 Å². The van der Waals surface area contributed by atoms with Crippen LogP contribution in [0.25, 0.3) is 0 Å². The Hall–Kier alpha value is -1.07. The molecule has 0 aliphatic rings. The highest BCUT2D eigenvalue weighted by atomic mass is 31.2. The third-order valence-electron chi connectivity index (χ3n) is 1.91. The molecule has 1 atom stereocenters. The summed E-state index contributed by atoms with van der Waals surface area (Å²) in [6.45, 7) is 0. The number of rotatable bonds is 3. The van der Waals surface area contributed by atoms with E-state index in [4.69, 9.17) is 20.3 Å². The molecule has 1 rings (SSSR count). The van der Waals surface area contributed by atoms with Crippen LogP contribution in [0.4, 0.5) is 0 Å². The number of aromatic hydroxyl groups is 1. The molecule has 0 bridgehead atoms. The molecular formula is C8H12NO5P. The first kappa shape index (κ1) is 12.0. The van der Waals surface area contributed by atoms with Crippen LogP contribution in [0.5, 0.6) is 11.5 Å². The Labute approximate surface area is 86.5 Å². The van der Waals surface area contributed by atoms with Crippen molar-refractivity contribution < 1.29 is 24.2 Å². The third-order valence-corrected chi connectivity index (χ3v) is 2.93. The molecule has 1 aromatic rings. The predicted octanol–water partition coefficient (Wildman–Crippen LogP) is 0.536. The molecule has 1 unspecified atom stereocenters. The molecule has 15 heavy (non-hydrogen) atoms. The van der Waals surface area contributed by atoms with Crippen LogP contribution in [-0.2, 0) is 4.57 Å². The number of ether oxygens (including phenoxy) is 1. The Bertz CT molecular complexity index is 402. The van der Waals surface area contributed by atoms with Gasteiger partial charge in [0.15, 0.2) is 11.5 Å². The summed E-state index contributed by atoms with van der Waals surface area (Å²) in [5.41, 5.74) is 5.55. The van der Waals surface area contributed by atoms with Gasteiger partial charge in [0.2, 0.25) is 0 Å². The molecule has 0 aromatic heterocycles. The smallest absolute Gasteiger partial charge is 0.346 e. The minimum absolute atomic E-state index is 0.112. The van der Waals surface area contributed by atoms with Crippen LogP contribution < -0.4 is 10.5 Å². The summed E-state index contributed by atoms with van der Waals surface area (Å²) in [6.07, 6.45) is 0. The number of benzene rings is 1. The number of hydrogen-bond acceptors (Lipinski definition) is 4. The van der Waals surface area contributed by atoms with Gasteiger partial charge in [0.25, 0.3) is 0 Å². The van der Waals surface area contributed by atoms with Crippen molar-refractivity contribution in [2.75, 3.05) is 7.11 Å². The first-order valence-corrected chi connectivity index (χ1v) is 5.72. The van der Waals surface area contributed by atoms with E-state index in [2.05, 4.69) is 0 Å². The molecule has 7 heteroatoms. The second kappa shape index (κ2) is 4.20. The van der Waals surface area contributed by atoms with Crippen molar-refractivity contribution in [3.8, 4) is 11.5 Å². The Morgan fingerprint density at radius 1 is 1.47 bits per heavy atom. The van der Waals surface area contributed by atoms with E-state index in [9.17, 15) is 9.67 Å². The van der Waals surface area contributed by atoms with Crippen molar-refractivity contribution in [2.45, 2.75) is 5.78 Å². The maximum absolute atomic E-state index is 10.9. The number of nitrogens with two attached hydrogens (primary N) is 1. The normalized spacial score (nSPS) is 13.6. The maximum atomic E-state index is 10.9. The van der Waals surface area contributed by atoms with Crippen molar-refractivity contribution in [3.05, 3.63) is 23.8 Å². The topological polar surface area (TPSA) is 113 Å². The SMILES string of the molecule is COc1cc(C(N)P(=O)(O)O)ccc1O. The van der Waals surface area contributed by atoms with Crippen molar-refractivity contribution in [1.29, 1.82) is 0 Å². The lowest BCUT2D eigenvalue weighted by Crippen LogP contribution is -2.10. The molecule has 1 aromatic carbocycles. The number of phenols is 1. The molecule has 0 heterocycles. The average molecular weight is 233 g/mol. The molecule has 5 N–H and O–H groups in total. The zero-order valence-electron chi connectivity index (χ0n) is 7.99. The minimum atomic E-state index is -4.38.